The first-order valence-electron chi connectivity index (χ1n) is 4.79. The van der Waals surface area contributed by atoms with Gasteiger partial charge >= 0.3 is 12.1 Å². The van der Waals surface area contributed by atoms with Crippen molar-refractivity contribution in [1.82, 2.24) is 0 Å². The summed E-state index contributed by atoms with van der Waals surface area (Å²) in [6.45, 7) is -0.282. The average Bonchev–Trinajstić information content (AvgIpc) is 2.29. The molecule has 6 nitrogen and oxygen atoms in total. The van der Waals surface area contributed by atoms with Crippen molar-refractivity contribution in [2.75, 3.05) is 11.4 Å². The van der Waals surface area contributed by atoms with Crippen molar-refractivity contribution in [2.24, 2.45) is 0 Å². The molecule has 1 aromatic carbocycles. The number of ether oxygens (including phenoxy) is 1. The smallest absolute Gasteiger partial charge is 0.412 e. The van der Waals surface area contributed by atoms with E-state index in [1.54, 1.807) is 0 Å². The molecular formula is C10H7BrClNO5. The lowest BCUT2D eigenvalue weighted by Gasteiger charge is -2.31. The Morgan fingerprint density at radius 1 is 1.44 bits per heavy atom. The SMILES string of the molecule is O=C(O)C1CN(C(=O)O)c2cc(Cl)c(Br)cc2O1. The molecule has 2 rings (SSSR count). The molecule has 0 saturated carbocycles. The molecule has 1 aliphatic heterocycles. The van der Waals surface area contributed by atoms with E-state index in [0.29, 0.717) is 9.50 Å². The van der Waals surface area contributed by atoms with Gasteiger partial charge in [0.25, 0.3) is 0 Å². The van der Waals surface area contributed by atoms with Gasteiger partial charge in [-0.25, -0.2) is 9.59 Å². The first-order valence-corrected chi connectivity index (χ1v) is 5.96. The number of hydrogen-bond acceptors (Lipinski definition) is 3. The Kier molecular flexibility index (Phi) is 3.36. The minimum absolute atomic E-state index is 0.160. The molecule has 0 aromatic heterocycles. The minimum atomic E-state index is -1.26. The second-order valence-electron chi connectivity index (χ2n) is 3.57. The lowest BCUT2D eigenvalue weighted by Crippen LogP contribution is -2.46. The number of carboxylic acids is 1. The molecule has 0 radical (unpaired) electrons. The molecule has 0 aliphatic carbocycles. The summed E-state index contributed by atoms with van der Waals surface area (Å²) in [5.74, 6) is -1.06. The van der Waals surface area contributed by atoms with Crippen molar-refractivity contribution < 1.29 is 24.5 Å². The number of fused-ring (bicyclic) bond motifs is 1. The number of amides is 1. The van der Waals surface area contributed by atoms with Gasteiger partial charge in [0.1, 0.15) is 5.75 Å². The summed E-state index contributed by atoms with van der Waals surface area (Å²) in [4.78, 5) is 22.9. The number of anilines is 1. The molecule has 96 valence electrons. The molecule has 0 spiro atoms. The number of nitrogens with zero attached hydrogens (tertiary/aromatic N) is 1. The van der Waals surface area contributed by atoms with Crippen molar-refractivity contribution >= 4 is 45.3 Å². The van der Waals surface area contributed by atoms with E-state index in [-0.39, 0.29) is 18.0 Å². The van der Waals surface area contributed by atoms with Gasteiger partial charge in [-0.15, -0.1) is 0 Å². The molecular weight excluding hydrogens is 329 g/mol. The van der Waals surface area contributed by atoms with Crippen molar-refractivity contribution in [2.45, 2.75) is 6.10 Å². The minimum Gasteiger partial charge on any atom is -0.478 e. The van der Waals surface area contributed by atoms with Crippen LogP contribution in [-0.2, 0) is 4.79 Å². The Hall–Kier alpha value is -1.47. The third-order valence-electron chi connectivity index (χ3n) is 2.42. The fourth-order valence-corrected chi connectivity index (χ4v) is 2.07. The second-order valence-corrected chi connectivity index (χ2v) is 4.83. The highest BCUT2D eigenvalue weighted by molar-refractivity contribution is 9.10. The average molecular weight is 337 g/mol. The zero-order valence-corrected chi connectivity index (χ0v) is 11.1. The van der Waals surface area contributed by atoms with Crippen LogP contribution in [0.4, 0.5) is 10.5 Å². The van der Waals surface area contributed by atoms with E-state index in [4.69, 9.17) is 26.6 Å². The Bertz CT molecular complexity index is 535. The van der Waals surface area contributed by atoms with Crippen LogP contribution < -0.4 is 9.64 Å². The molecule has 8 heteroatoms. The van der Waals surface area contributed by atoms with Gasteiger partial charge in [0.15, 0.2) is 0 Å². The third-order valence-corrected chi connectivity index (χ3v) is 3.61. The van der Waals surface area contributed by atoms with Crippen LogP contribution in [0.3, 0.4) is 0 Å². The number of carboxylic acid groups (broad SMARTS) is 2. The molecule has 1 amide bonds. The monoisotopic (exact) mass is 335 g/mol. The van der Waals surface area contributed by atoms with Crippen LogP contribution in [0.15, 0.2) is 16.6 Å². The van der Waals surface area contributed by atoms with Crippen LogP contribution in [0.2, 0.25) is 5.02 Å². The van der Waals surface area contributed by atoms with Crippen molar-refractivity contribution in [3.05, 3.63) is 21.6 Å². The molecule has 2 N–H and O–H groups in total. The summed E-state index contributed by atoms with van der Waals surface area (Å²) in [5.41, 5.74) is 0.230. The van der Waals surface area contributed by atoms with Crippen LogP contribution in [0.25, 0.3) is 0 Å². The summed E-state index contributed by atoms with van der Waals surface area (Å²) < 4.78 is 5.72. The largest absolute Gasteiger partial charge is 0.478 e. The highest BCUT2D eigenvalue weighted by atomic mass is 79.9. The zero-order chi connectivity index (χ0) is 13.4. The Morgan fingerprint density at radius 3 is 2.67 bits per heavy atom. The van der Waals surface area contributed by atoms with Crippen LogP contribution in [0, 0.1) is 0 Å². The number of halogens is 2. The number of aliphatic carboxylic acids is 1. The standard InChI is InChI=1S/C10H7BrClNO5/c11-4-1-7-6(2-5(4)12)13(10(16)17)3-8(18-7)9(14)15/h1-2,8H,3H2,(H,14,15)(H,16,17). The molecule has 1 atom stereocenters. The van der Waals surface area contributed by atoms with Crippen LogP contribution in [0.5, 0.6) is 5.75 Å². The van der Waals surface area contributed by atoms with E-state index in [1.165, 1.54) is 12.1 Å². The molecule has 18 heavy (non-hydrogen) atoms. The molecule has 0 fully saturated rings. The normalized spacial score (nSPS) is 17.9. The molecule has 1 aromatic rings. The van der Waals surface area contributed by atoms with Gasteiger partial charge in [-0.05, 0) is 28.1 Å². The van der Waals surface area contributed by atoms with Gasteiger partial charge in [0.05, 0.1) is 17.3 Å². The topological polar surface area (TPSA) is 87.1 Å². The molecule has 1 unspecified atom stereocenters. The number of rotatable bonds is 1. The van der Waals surface area contributed by atoms with E-state index in [0.717, 1.165) is 4.90 Å². The van der Waals surface area contributed by atoms with E-state index < -0.39 is 18.2 Å². The van der Waals surface area contributed by atoms with E-state index in [1.807, 2.05) is 0 Å². The van der Waals surface area contributed by atoms with Crippen LogP contribution in [0.1, 0.15) is 0 Å². The fraction of sp³-hybridized carbons (Fsp3) is 0.200. The lowest BCUT2D eigenvalue weighted by molar-refractivity contribution is -0.144. The van der Waals surface area contributed by atoms with Gasteiger partial charge in [-0.2, -0.15) is 0 Å². The maximum Gasteiger partial charge on any atom is 0.412 e. The van der Waals surface area contributed by atoms with Crippen molar-refractivity contribution in [3.63, 3.8) is 0 Å². The predicted molar refractivity (Wildman–Crippen MR) is 66.6 cm³/mol. The fourth-order valence-electron chi connectivity index (χ4n) is 1.59. The summed E-state index contributed by atoms with van der Waals surface area (Å²) in [5, 5.41) is 18.3. The Balaban J connectivity index is 2.51. The van der Waals surface area contributed by atoms with Gasteiger partial charge in [-0.1, -0.05) is 11.6 Å². The molecule has 0 saturated heterocycles. The van der Waals surface area contributed by atoms with Crippen LogP contribution in [-0.4, -0.2) is 34.9 Å². The quantitative estimate of drug-likeness (QED) is 0.822. The summed E-state index contributed by atoms with van der Waals surface area (Å²) in [6.07, 6.45) is -2.49. The van der Waals surface area contributed by atoms with Crippen LogP contribution >= 0.6 is 27.5 Å². The number of carbonyl (C=O) groups is 2. The van der Waals surface area contributed by atoms with Gasteiger partial charge < -0.3 is 14.9 Å². The van der Waals surface area contributed by atoms with Gasteiger partial charge in [0, 0.05) is 4.47 Å². The number of hydrogen-bond donors (Lipinski definition) is 2. The van der Waals surface area contributed by atoms with Crippen molar-refractivity contribution in [3.8, 4) is 5.75 Å². The Morgan fingerprint density at radius 2 is 2.11 bits per heavy atom. The lowest BCUT2D eigenvalue weighted by atomic mass is 10.2. The van der Waals surface area contributed by atoms with Gasteiger partial charge in [0.2, 0.25) is 6.10 Å². The summed E-state index contributed by atoms with van der Waals surface area (Å²) in [7, 11) is 0. The third kappa shape index (κ3) is 2.23. The Labute approximate surface area is 115 Å². The number of benzene rings is 1. The molecule has 1 aliphatic rings. The van der Waals surface area contributed by atoms with E-state index in [9.17, 15) is 9.59 Å². The summed E-state index contributed by atoms with van der Waals surface area (Å²) >= 11 is 9.04. The van der Waals surface area contributed by atoms with E-state index in [2.05, 4.69) is 15.9 Å². The first-order chi connectivity index (χ1) is 8.40. The maximum absolute atomic E-state index is 11.1. The summed E-state index contributed by atoms with van der Waals surface area (Å²) in [6, 6.07) is 2.86. The second kappa shape index (κ2) is 4.66. The molecule has 0 bridgehead atoms. The highest BCUT2D eigenvalue weighted by Crippen LogP contribution is 2.39. The predicted octanol–water partition coefficient (Wildman–Crippen LogP) is 2.43. The van der Waals surface area contributed by atoms with E-state index >= 15 is 0 Å². The first kappa shape index (κ1) is 13.0. The van der Waals surface area contributed by atoms with Gasteiger partial charge in [-0.3, -0.25) is 4.90 Å². The zero-order valence-electron chi connectivity index (χ0n) is 8.76. The maximum atomic E-state index is 11.1. The highest BCUT2D eigenvalue weighted by Gasteiger charge is 2.34. The van der Waals surface area contributed by atoms with Crippen molar-refractivity contribution in [1.29, 1.82) is 0 Å². The molecule has 1 heterocycles.